The van der Waals surface area contributed by atoms with Crippen LogP contribution in [0.4, 0.5) is 10.2 Å². The molecule has 0 aliphatic heterocycles. The molecule has 3 rings (SSSR count). The number of nitrogens with one attached hydrogen (secondary N) is 2. The summed E-state index contributed by atoms with van der Waals surface area (Å²) in [7, 11) is 0. The Labute approximate surface area is 158 Å². The normalized spacial score (nSPS) is 10.4. The number of halogens is 1. The van der Waals surface area contributed by atoms with Gasteiger partial charge in [0.1, 0.15) is 11.6 Å². The van der Waals surface area contributed by atoms with Gasteiger partial charge in [-0.2, -0.15) is 0 Å². The third-order valence-corrected chi connectivity index (χ3v) is 4.19. The van der Waals surface area contributed by atoms with Gasteiger partial charge >= 0.3 is 0 Å². The second-order valence-corrected chi connectivity index (χ2v) is 6.40. The Morgan fingerprint density at radius 1 is 1.04 bits per heavy atom. The molecular weight excluding hydrogens is 341 g/mol. The van der Waals surface area contributed by atoms with Gasteiger partial charge < -0.3 is 10.6 Å². The van der Waals surface area contributed by atoms with E-state index >= 15 is 0 Å². The van der Waals surface area contributed by atoms with E-state index in [1.54, 1.807) is 30.5 Å². The highest BCUT2D eigenvalue weighted by atomic mass is 19.1. The molecule has 0 radical (unpaired) electrons. The number of carbonyl (C=O) groups excluding carboxylic acids is 1. The Bertz CT molecular complexity index is 909. The zero-order valence-corrected chi connectivity index (χ0v) is 15.2. The molecular formula is C22H22FN3O. The monoisotopic (exact) mass is 363 g/mol. The smallest absolute Gasteiger partial charge is 0.251 e. The van der Waals surface area contributed by atoms with Crippen LogP contribution in [0.5, 0.6) is 0 Å². The Morgan fingerprint density at radius 2 is 1.85 bits per heavy atom. The van der Waals surface area contributed by atoms with Crippen LogP contribution in [0, 0.1) is 12.7 Å². The summed E-state index contributed by atoms with van der Waals surface area (Å²) in [5.41, 5.74) is 3.89. The van der Waals surface area contributed by atoms with Gasteiger partial charge in [0.05, 0.1) is 0 Å². The summed E-state index contributed by atoms with van der Waals surface area (Å²) < 4.78 is 12.9. The van der Waals surface area contributed by atoms with E-state index in [4.69, 9.17) is 0 Å². The number of hydrogen-bond donors (Lipinski definition) is 2. The summed E-state index contributed by atoms with van der Waals surface area (Å²) in [6, 6.07) is 17.9. The van der Waals surface area contributed by atoms with Gasteiger partial charge in [-0.3, -0.25) is 4.79 Å². The van der Waals surface area contributed by atoms with Crippen LogP contribution in [-0.2, 0) is 13.0 Å². The minimum Gasteiger partial charge on any atom is -0.366 e. The summed E-state index contributed by atoms with van der Waals surface area (Å²) in [6.07, 6.45) is 2.27. The highest BCUT2D eigenvalue weighted by Gasteiger charge is 2.07. The lowest BCUT2D eigenvalue weighted by Crippen LogP contribution is -2.25. The third-order valence-electron chi connectivity index (χ3n) is 4.19. The molecule has 0 unspecified atom stereocenters. The van der Waals surface area contributed by atoms with Crippen molar-refractivity contribution in [2.75, 3.05) is 11.9 Å². The molecule has 3 aromatic rings. The zero-order chi connectivity index (χ0) is 19.1. The average Bonchev–Trinajstić information content (AvgIpc) is 2.68. The van der Waals surface area contributed by atoms with Gasteiger partial charge in [0.2, 0.25) is 0 Å². The van der Waals surface area contributed by atoms with Crippen molar-refractivity contribution in [1.29, 1.82) is 0 Å². The van der Waals surface area contributed by atoms with E-state index in [1.807, 2.05) is 12.1 Å². The molecule has 0 saturated heterocycles. The van der Waals surface area contributed by atoms with Crippen LogP contribution in [0.1, 0.15) is 27.0 Å². The number of aromatic nitrogens is 1. The van der Waals surface area contributed by atoms with E-state index in [9.17, 15) is 9.18 Å². The number of aryl methyl sites for hydroxylation is 1. The minimum atomic E-state index is -0.259. The predicted molar refractivity (Wildman–Crippen MR) is 105 cm³/mol. The van der Waals surface area contributed by atoms with Crippen molar-refractivity contribution in [3.8, 4) is 0 Å². The average molecular weight is 363 g/mol. The number of rotatable bonds is 7. The van der Waals surface area contributed by atoms with E-state index in [-0.39, 0.29) is 11.7 Å². The highest BCUT2D eigenvalue weighted by Crippen LogP contribution is 2.10. The molecule has 27 heavy (non-hydrogen) atoms. The first-order valence-corrected chi connectivity index (χ1v) is 8.88. The molecule has 1 amide bonds. The molecule has 138 valence electrons. The molecule has 0 aliphatic carbocycles. The van der Waals surface area contributed by atoms with E-state index in [1.165, 1.54) is 17.7 Å². The molecule has 4 nitrogen and oxygen atoms in total. The second kappa shape index (κ2) is 8.94. The molecule has 0 fully saturated rings. The molecule has 0 spiro atoms. The van der Waals surface area contributed by atoms with Crippen molar-refractivity contribution in [3.05, 3.63) is 94.9 Å². The van der Waals surface area contributed by atoms with Crippen molar-refractivity contribution in [2.24, 2.45) is 0 Å². The first kappa shape index (κ1) is 18.6. The maximum Gasteiger partial charge on any atom is 0.251 e. The summed E-state index contributed by atoms with van der Waals surface area (Å²) in [6.45, 7) is 3.18. The lowest BCUT2D eigenvalue weighted by molar-refractivity contribution is 0.0954. The van der Waals surface area contributed by atoms with Crippen LogP contribution >= 0.6 is 0 Å². The van der Waals surface area contributed by atoms with Crippen molar-refractivity contribution >= 4 is 11.7 Å². The summed E-state index contributed by atoms with van der Waals surface area (Å²) in [4.78, 5) is 16.6. The standard InChI is InChI=1S/C22H22FN3O/c1-16-3-2-4-18(13-16)15-26-21-14-19(10-12-24-21)22(27)25-11-9-17-5-7-20(23)8-6-17/h2-8,10,12-14H,9,11,15H2,1H3,(H,24,26)(H,25,27). The van der Waals surface area contributed by atoms with E-state index in [2.05, 4.69) is 34.7 Å². The van der Waals surface area contributed by atoms with Gasteiger partial charge in [-0.1, -0.05) is 42.0 Å². The fourth-order valence-corrected chi connectivity index (χ4v) is 2.76. The number of hydrogen-bond acceptors (Lipinski definition) is 3. The lowest BCUT2D eigenvalue weighted by Gasteiger charge is -2.09. The molecule has 5 heteroatoms. The number of amides is 1. The molecule has 0 saturated carbocycles. The Hall–Kier alpha value is -3.21. The zero-order valence-electron chi connectivity index (χ0n) is 15.2. The first-order valence-electron chi connectivity index (χ1n) is 8.88. The van der Waals surface area contributed by atoms with E-state index < -0.39 is 0 Å². The molecule has 1 aromatic heterocycles. The number of carbonyl (C=O) groups is 1. The molecule has 2 N–H and O–H groups in total. The van der Waals surface area contributed by atoms with E-state index in [0.717, 1.165) is 11.1 Å². The van der Waals surface area contributed by atoms with Crippen LogP contribution in [0.15, 0.2) is 66.9 Å². The van der Waals surface area contributed by atoms with Gasteiger partial charge in [0.25, 0.3) is 5.91 Å². The Morgan fingerprint density at radius 3 is 2.63 bits per heavy atom. The van der Waals surface area contributed by atoms with Crippen LogP contribution in [0.25, 0.3) is 0 Å². The quantitative estimate of drug-likeness (QED) is 0.664. The number of benzene rings is 2. The van der Waals surface area contributed by atoms with Gasteiger partial charge in [-0.25, -0.2) is 9.37 Å². The summed E-state index contributed by atoms with van der Waals surface area (Å²) in [5.74, 6) is 0.242. The SMILES string of the molecule is Cc1cccc(CNc2cc(C(=O)NCCc3ccc(F)cc3)ccn2)c1. The minimum absolute atomic E-state index is 0.155. The number of anilines is 1. The van der Waals surface area contributed by atoms with E-state index in [0.29, 0.717) is 30.9 Å². The third kappa shape index (κ3) is 5.64. The summed E-state index contributed by atoms with van der Waals surface area (Å²) >= 11 is 0. The van der Waals surface area contributed by atoms with Crippen LogP contribution in [-0.4, -0.2) is 17.4 Å². The molecule has 0 aliphatic rings. The van der Waals surface area contributed by atoms with Gasteiger partial charge in [-0.15, -0.1) is 0 Å². The number of nitrogens with zero attached hydrogens (tertiary/aromatic N) is 1. The maximum absolute atomic E-state index is 12.9. The van der Waals surface area contributed by atoms with Crippen molar-refractivity contribution in [2.45, 2.75) is 19.9 Å². The van der Waals surface area contributed by atoms with Crippen molar-refractivity contribution in [1.82, 2.24) is 10.3 Å². The molecule has 2 aromatic carbocycles. The fourth-order valence-electron chi connectivity index (χ4n) is 2.76. The van der Waals surface area contributed by atoms with Crippen molar-refractivity contribution < 1.29 is 9.18 Å². The van der Waals surface area contributed by atoms with Gasteiger partial charge in [0.15, 0.2) is 0 Å². The molecule has 1 heterocycles. The first-order chi connectivity index (χ1) is 13.1. The number of pyridine rings is 1. The maximum atomic E-state index is 12.9. The highest BCUT2D eigenvalue weighted by molar-refractivity contribution is 5.94. The van der Waals surface area contributed by atoms with Gasteiger partial charge in [0, 0.05) is 24.8 Å². The molecule has 0 bridgehead atoms. The predicted octanol–water partition coefficient (Wildman–Crippen LogP) is 4.11. The van der Waals surface area contributed by atoms with Crippen LogP contribution in [0.2, 0.25) is 0 Å². The lowest BCUT2D eigenvalue weighted by atomic mass is 10.1. The second-order valence-electron chi connectivity index (χ2n) is 6.40. The summed E-state index contributed by atoms with van der Waals surface area (Å²) in [5, 5.41) is 6.13. The fraction of sp³-hybridized carbons (Fsp3) is 0.182. The van der Waals surface area contributed by atoms with Crippen LogP contribution in [0.3, 0.4) is 0 Å². The van der Waals surface area contributed by atoms with Crippen molar-refractivity contribution in [3.63, 3.8) is 0 Å². The Balaban J connectivity index is 1.52. The Kier molecular flexibility index (Phi) is 6.15. The van der Waals surface area contributed by atoms with Gasteiger partial charge in [-0.05, 0) is 48.7 Å². The molecule has 0 atom stereocenters. The topological polar surface area (TPSA) is 54.0 Å². The van der Waals surface area contributed by atoms with Crippen LogP contribution < -0.4 is 10.6 Å². The largest absolute Gasteiger partial charge is 0.366 e.